The number of hydrogen-bond acceptors (Lipinski definition) is 2. The molecule has 92 valence electrons. The molecule has 2 N–H and O–H groups in total. The van der Waals surface area contributed by atoms with Crippen molar-refractivity contribution < 1.29 is 18.3 Å². The van der Waals surface area contributed by atoms with Crippen LogP contribution in [0.25, 0.3) is 0 Å². The Balaban J connectivity index is 1.49. The van der Waals surface area contributed by atoms with Gasteiger partial charge in [-0.05, 0) is 42.9 Å². The Bertz CT molecular complexity index is 277. The zero-order chi connectivity index (χ0) is 11.5. The zero-order valence-electron chi connectivity index (χ0n) is 8.87. The van der Waals surface area contributed by atoms with E-state index in [9.17, 15) is 13.2 Å². The van der Waals surface area contributed by atoms with Crippen molar-refractivity contribution >= 4 is 0 Å². The lowest BCUT2D eigenvalue weighted by atomic mass is 10.0. The van der Waals surface area contributed by atoms with Gasteiger partial charge < -0.3 is 10.4 Å². The lowest BCUT2D eigenvalue weighted by molar-refractivity contribution is -0.202. The van der Waals surface area contributed by atoms with Gasteiger partial charge in [0.2, 0.25) is 0 Å². The molecule has 3 rings (SSSR count). The van der Waals surface area contributed by atoms with Gasteiger partial charge in [0.05, 0.1) is 0 Å². The number of alkyl halides is 3. The minimum Gasteiger partial charge on any atom is -0.382 e. The van der Waals surface area contributed by atoms with Gasteiger partial charge in [0.15, 0.2) is 6.10 Å². The van der Waals surface area contributed by atoms with Crippen molar-refractivity contribution in [1.29, 1.82) is 0 Å². The van der Waals surface area contributed by atoms with Gasteiger partial charge in [0.1, 0.15) is 0 Å². The molecule has 0 aromatic carbocycles. The van der Waals surface area contributed by atoms with Gasteiger partial charge in [0, 0.05) is 12.6 Å². The van der Waals surface area contributed by atoms with E-state index in [0.717, 1.165) is 11.8 Å². The second-order valence-corrected chi connectivity index (χ2v) is 5.48. The Labute approximate surface area is 92.2 Å². The van der Waals surface area contributed by atoms with Crippen molar-refractivity contribution in [3.05, 3.63) is 0 Å². The third kappa shape index (κ3) is 1.56. The van der Waals surface area contributed by atoms with Gasteiger partial charge in [0.25, 0.3) is 0 Å². The third-order valence-corrected chi connectivity index (χ3v) is 4.66. The van der Waals surface area contributed by atoms with Crippen LogP contribution >= 0.6 is 0 Å². The highest BCUT2D eigenvalue weighted by Crippen LogP contribution is 2.65. The largest absolute Gasteiger partial charge is 0.415 e. The van der Waals surface area contributed by atoms with Crippen LogP contribution in [0.1, 0.15) is 19.3 Å². The van der Waals surface area contributed by atoms with Crippen LogP contribution in [-0.2, 0) is 0 Å². The molecule has 0 amide bonds. The van der Waals surface area contributed by atoms with E-state index >= 15 is 0 Å². The molecule has 0 heterocycles. The number of fused-ring (bicyclic) bond motifs is 5. The van der Waals surface area contributed by atoms with Gasteiger partial charge in [-0.2, -0.15) is 13.2 Å². The summed E-state index contributed by atoms with van der Waals surface area (Å²) in [6.07, 6.45) is -2.91. The monoisotopic (exact) mass is 235 g/mol. The lowest BCUT2D eigenvalue weighted by Gasteiger charge is -2.16. The normalized spacial score (nSPS) is 46.9. The fraction of sp³-hybridized carbons (Fsp3) is 1.00. The second kappa shape index (κ2) is 3.35. The minimum atomic E-state index is -4.49. The van der Waals surface area contributed by atoms with Gasteiger partial charge >= 0.3 is 6.18 Å². The predicted molar refractivity (Wildman–Crippen MR) is 51.7 cm³/mol. The van der Waals surface area contributed by atoms with E-state index in [-0.39, 0.29) is 12.6 Å². The van der Waals surface area contributed by atoms with Gasteiger partial charge in [-0.15, -0.1) is 0 Å². The SMILES string of the molecule is OC(CNC1C2C3CCC(C3)C12)C(F)(F)F. The third-order valence-electron chi connectivity index (χ3n) is 4.66. The summed E-state index contributed by atoms with van der Waals surface area (Å²) >= 11 is 0. The van der Waals surface area contributed by atoms with Gasteiger partial charge in [-0.1, -0.05) is 0 Å². The summed E-state index contributed by atoms with van der Waals surface area (Å²) in [7, 11) is 0. The van der Waals surface area contributed by atoms with Crippen LogP contribution < -0.4 is 5.32 Å². The maximum absolute atomic E-state index is 12.1. The molecule has 0 aliphatic heterocycles. The van der Waals surface area contributed by atoms with Crippen LogP contribution in [0.5, 0.6) is 0 Å². The summed E-state index contributed by atoms with van der Waals surface area (Å²) in [4.78, 5) is 0. The Morgan fingerprint density at radius 2 is 1.75 bits per heavy atom. The zero-order valence-corrected chi connectivity index (χ0v) is 8.87. The highest BCUT2D eigenvalue weighted by molar-refractivity contribution is 5.16. The number of nitrogens with one attached hydrogen (secondary N) is 1. The van der Waals surface area contributed by atoms with Crippen molar-refractivity contribution in [2.24, 2.45) is 23.7 Å². The lowest BCUT2D eigenvalue weighted by Crippen LogP contribution is -2.40. The molecule has 2 bridgehead atoms. The molecule has 0 aromatic rings. The molecule has 5 unspecified atom stereocenters. The Morgan fingerprint density at radius 1 is 1.19 bits per heavy atom. The highest BCUT2D eigenvalue weighted by Gasteiger charge is 2.64. The standard InChI is InChI=1S/C11H16F3NO/c12-11(13,14)7(16)4-15-10-8-5-1-2-6(3-5)9(8)10/h5-10,15-16H,1-4H2. The fourth-order valence-corrected chi connectivity index (χ4v) is 3.96. The number of hydrogen-bond donors (Lipinski definition) is 2. The van der Waals surface area contributed by atoms with E-state index in [1.54, 1.807) is 0 Å². The molecule has 0 saturated heterocycles. The molecule has 0 aromatic heterocycles. The number of aliphatic hydroxyl groups excluding tert-OH is 1. The van der Waals surface area contributed by atoms with Crippen molar-refractivity contribution in [2.45, 2.75) is 37.6 Å². The summed E-state index contributed by atoms with van der Waals surface area (Å²) < 4.78 is 36.3. The Kier molecular flexibility index (Phi) is 2.27. The van der Waals surface area contributed by atoms with Crippen molar-refractivity contribution in [3.8, 4) is 0 Å². The summed E-state index contributed by atoms with van der Waals surface area (Å²) in [6, 6.07) is 0.253. The van der Waals surface area contributed by atoms with E-state index in [1.807, 2.05) is 0 Å². The first-order valence-electron chi connectivity index (χ1n) is 5.96. The van der Waals surface area contributed by atoms with Gasteiger partial charge in [-0.3, -0.25) is 0 Å². The molecular formula is C11H16F3NO. The van der Waals surface area contributed by atoms with Crippen LogP contribution in [0.4, 0.5) is 13.2 Å². The summed E-state index contributed by atoms with van der Waals surface area (Å²) in [5.74, 6) is 2.71. The smallest absolute Gasteiger partial charge is 0.382 e. The van der Waals surface area contributed by atoms with Crippen molar-refractivity contribution in [1.82, 2.24) is 5.32 Å². The molecule has 5 atom stereocenters. The molecule has 3 saturated carbocycles. The maximum atomic E-state index is 12.1. The first-order valence-corrected chi connectivity index (χ1v) is 5.96. The summed E-state index contributed by atoms with van der Waals surface area (Å²) in [6.45, 7) is -0.347. The van der Waals surface area contributed by atoms with Crippen LogP contribution in [-0.4, -0.2) is 30.0 Å². The first kappa shape index (κ1) is 10.8. The van der Waals surface area contributed by atoms with Crippen molar-refractivity contribution in [2.75, 3.05) is 6.54 Å². The van der Waals surface area contributed by atoms with Crippen LogP contribution in [0.15, 0.2) is 0 Å². The molecule has 0 spiro atoms. The topological polar surface area (TPSA) is 32.3 Å². The molecule has 3 aliphatic carbocycles. The van der Waals surface area contributed by atoms with Crippen LogP contribution in [0.2, 0.25) is 0 Å². The van der Waals surface area contributed by atoms with E-state index < -0.39 is 12.3 Å². The molecular weight excluding hydrogens is 219 g/mol. The average Bonchev–Trinajstić information content (AvgIpc) is 2.61. The Morgan fingerprint density at radius 3 is 2.25 bits per heavy atom. The maximum Gasteiger partial charge on any atom is 0.415 e. The van der Waals surface area contributed by atoms with Gasteiger partial charge in [-0.25, -0.2) is 0 Å². The van der Waals surface area contributed by atoms with E-state index in [2.05, 4.69) is 5.32 Å². The van der Waals surface area contributed by atoms with Crippen molar-refractivity contribution in [3.63, 3.8) is 0 Å². The molecule has 0 radical (unpaired) electrons. The molecule has 16 heavy (non-hydrogen) atoms. The first-order chi connectivity index (χ1) is 7.48. The molecule has 3 fully saturated rings. The molecule has 2 nitrogen and oxygen atoms in total. The minimum absolute atomic E-state index is 0.253. The number of rotatable bonds is 3. The molecule has 3 aliphatic rings. The number of aliphatic hydroxyl groups is 1. The fourth-order valence-electron chi connectivity index (χ4n) is 3.96. The summed E-state index contributed by atoms with van der Waals surface area (Å²) in [5.41, 5.74) is 0. The number of halogens is 3. The Hall–Kier alpha value is -0.290. The van der Waals surface area contributed by atoms with E-state index in [0.29, 0.717) is 11.8 Å². The highest BCUT2D eigenvalue weighted by atomic mass is 19.4. The average molecular weight is 235 g/mol. The quantitative estimate of drug-likeness (QED) is 0.777. The predicted octanol–water partition coefficient (Wildman–Crippen LogP) is 1.54. The van der Waals surface area contributed by atoms with E-state index in [4.69, 9.17) is 5.11 Å². The second-order valence-electron chi connectivity index (χ2n) is 5.48. The van der Waals surface area contributed by atoms with E-state index in [1.165, 1.54) is 19.3 Å². The molecule has 5 heteroatoms. The van der Waals surface area contributed by atoms with Crippen LogP contribution in [0, 0.1) is 23.7 Å². The van der Waals surface area contributed by atoms with Crippen LogP contribution in [0.3, 0.4) is 0 Å². The summed E-state index contributed by atoms with van der Waals surface area (Å²) in [5, 5.41) is 11.8.